The fourth-order valence-electron chi connectivity index (χ4n) is 2.87. The van der Waals surface area contributed by atoms with Crippen LogP contribution in [-0.4, -0.2) is 5.91 Å². The summed E-state index contributed by atoms with van der Waals surface area (Å²) in [5, 5.41) is 3.45. The Kier molecular flexibility index (Phi) is 5.30. The van der Waals surface area contributed by atoms with Crippen molar-refractivity contribution in [1.82, 2.24) is 0 Å². The second kappa shape index (κ2) is 6.98. The van der Waals surface area contributed by atoms with Gasteiger partial charge < -0.3 is 11.1 Å². The molecular formula is C16H23ClN2O. The highest BCUT2D eigenvalue weighted by Gasteiger charge is 2.16. The van der Waals surface area contributed by atoms with Gasteiger partial charge in [0.15, 0.2) is 0 Å². The fourth-order valence-corrected chi connectivity index (χ4v) is 3.03. The van der Waals surface area contributed by atoms with E-state index in [4.69, 9.17) is 17.3 Å². The largest absolute Gasteiger partial charge is 0.398 e. The summed E-state index contributed by atoms with van der Waals surface area (Å²) in [5.41, 5.74) is 8.00. The van der Waals surface area contributed by atoms with Crippen molar-refractivity contribution >= 4 is 28.9 Å². The number of benzene rings is 1. The number of carbonyl (C=O) groups excluding carboxylic acids is 1. The van der Waals surface area contributed by atoms with Crippen LogP contribution in [0.5, 0.6) is 0 Å². The molecule has 2 rings (SSSR count). The van der Waals surface area contributed by atoms with Gasteiger partial charge in [-0.3, -0.25) is 4.79 Å². The molecule has 0 unspecified atom stereocenters. The average molecular weight is 295 g/mol. The number of nitrogens with one attached hydrogen (secondary N) is 1. The van der Waals surface area contributed by atoms with E-state index in [9.17, 15) is 4.79 Å². The first-order chi connectivity index (χ1) is 9.56. The van der Waals surface area contributed by atoms with Gasteiger partial charge in [0.2, 0.25) is 5.91 Å². The summed E-state index contributed by atoms with van der Waals surface area (Å²) in [6, 6.07) is 3.53. The second-order valence-electron chi connectivity index (χ2n) is 5.80. The van der Waals surface area contributed by atoms with Crippen molar-refractivity contribution in [1.29, 1.82) is 0 Å². The molecule has 1 fully saturated rings. The van der Waals surface area contributed by atoms with Gasteiger partial charge in [0.1, 0.15) is 0 Å². The van der Waals surface area contributed by atoms with Crippen molar-refractivity contribution in [3.63, 3.8) is 0 Å². The van der Waals surface area contributed by atoms with Crippen LogP contribution in [0.3, 0.4) is 0 Å². The van der Waals surface area contributed by atoms with Crippen LogP contribution in [-0.2, 0) is 4.79 Å². The molecule has 110 valence electrons. The Morgan fingerprint density at radius 3 is 2.60 bits per heavy atom. The van der Waals surface area contributed by atoms with E-state index in [2.05, 4.69) is 5.32 Å². The first-order valence-electron chi connectivity index (χ1n) is 7.41. The number of rotatable bonds is 3. The second-order valence-corrected chi connectivity index (χ2v) is 6.21. The van der Waals surface area contributed by atoms with Crippen LogP contribution in [0.4, 0.5) is 11.4 Å². The molecule has 0 spiro atoms. The lowest BCUT2D eigenvalue weighted by Gasteiger charge is -2.15. The molecule has 0 heterocycles. The predicted molar refractivity (Wildman–Crippen MR) is 85.0 cm³/mol. The van der Waals surface area contributed by atoms with Gasteiger partial charge in [-0.2, -0.15) is 0 Å². The standard InChI is InChI=1S/C16H23ClN2O/c1-11-8-14(18)13(17)10-15(11)19-16(20)9-12-6-4-2-3-5-7-12/h8,10,12H,2-7,9,18H2,1H3,(H,19,20). The van der Waals surface area contributed by atoms with Crippen LogP contribution in [0, 0.1) is 12.8 Å². The molecule has 0 aliphatic heterocycles. The number of hydrogen-bond acceptors (Lipinski definition) is 2. The zero-order valence-corrected chi connectivity index (χ0v) is 12.8. The average Bonchev–Trinajstić information content (AvgIpc) is 2.64. The zero-order valence-electron chi connectivity index (χ0n) is 12.0. The maximum atomic E-state index is 12.2. The van der Waals surface area contributed by atoms with E-state index in [0.717, 1.165) is 11.3 Å². The molecule has 0 saturated heterocycles. The monoisotopic (exact) mass is 294 g/mol. The molecular weight excluding hydrogens is 272 g/mol. The molecule has 1 saturated carbocycles. The Morgan fingerprint density at radius 2 is 1.95 bits per heavy atom. The molecule has 0 aromatic heterocycles. The molecule has 1 amide bonds. The highest BCUT2D eigenvalue weighted by atomic mass is 35.5. The van der Waals surface area contributed by atoms with Crippen molar-refractivity contribution in [3.05, 3.63) is 22.7 Å². The fraction of sp³-hybridized carbons (Fsp3) is 0.562. The predicted octanol–water partition coefficient (Wildman–Crippen LogP) is 4.53. The highest BCUT2D eigenvalue weighted by molar-refractivity contribution is 6.33. The van der Waals surface area contributed by atoms with Crippen LogP contribution in [0.1, 0.15) is 50.5 Å². The van der Waals surface area contributed by atoms with Crippen LogP contribution >= 0.6 is 11.6 Å². The molecule has 1 aromatic carbocycles. The van der Waals surface area contributed by atoms with Crippen LogP contribution in [0.15, 0.2) is 12.1 Å². The summed E-state index contributed by atoms with van der Waals surface area (Å²) in [6.07, 6.45) is 8.09. The van der Waals surface area contributed by atoms with E-state index < -0.39 is 0 Å². The Bertz CT molecular complexity index is 480. The number of carbonyl (C=O) groups is 1. The third-order valence-electron chi connectivity index (χ3n) is 4.07. The van der Waals surface area contributed by atoms with Gasteiger partial charge in [-0.05, 0) is 43.4 Å². The smallest absolute Gasteiger partial charge is 0.224 e. The molecule has 20 heavy (non-hydrogen) atoms. The van der Waals surface area contributed by atoms with Crippen LogP contribution < -0.4 is 11.1 Å². The number of nitrogens with two attached hydrogens (primary N) is 1. The van der Waals surface area contributed by atoms with Gasteiger partial charge in [0, 0.05) is 12.1 Å². The van der Waals surface area contributed by atoms with Crippen molar-refractivity contribution in [2.24, 2.45) is 5.92 Å². The number of nitrogen functional groups attached to an aromatic ring is 1. The van der Waals surface area contributed by atoms with Crippen molar-refractivity contribution in [2.75, 3.05) is 11.1 Å². The topological polar surface area (TPSA) is 55.1 Å². The van der Waals surface area contributed by atoms with E-state index in [-0.39, 0.29) is 5.91 Å². The lowest BCUT2D eigenvalue weighted by molar-refractivity contribution is -0.117. The third-order valence-corrected chi connectivity index (χ3v) is 4.39. The van der Waals surface area contributed by atoms with Gasteiger partial charge in [-0.15, -0.1) is 0 Å². The minimum atomic E-state index is 0.0841. The summed E-state index contributed by atoms with van der Waals surface area (Å²) in [7, 11) is 0. The number of aryl methyl sites for hydroxylation is 1. The lowest BCUT2D eigenvalue weighted by atomic mass is 9.96. The summed E-state index contributed by atoms with van der Waals surface area (Å²) < 4.78 is 0. The number of amides is 1. The third kappa shape index (κ3) is 4.14. The van der Waals surface area contributed by atoms with Gasteiger partial charge in [-0.25, -0.2) is 0 Å². The highest BCUT2D eigenvalue weighted by Crippen LogP contribution is 2.28. The molecule has 1 aliphatic rings. The Labute approximate surface area is 125 Å². The lowest BCUT2D eigenvalue weighted by Crippen LogP contribution is -2.17. The first kappa shape index (κ1) is 15.2. The maximum absolute atomic E-state index is 12.2. The van der Waals surface area contributed by atoms with E-state index in [0.29, 0.717) is 23.0 Å². The molecule has 1 aromatic rings. The molecule has 0 radical (unpaired) electrons. The molecule has 0 bridgehead atoms. The van der Waals surface area contributed by atoms with Crippen LogP contribution in [0.2, 0.25) is 5.02 Å². The van der Waals surface area contributed by atoms with E-state index in [1.807, 2.05) is 6.92 Å². The maximum Gasteiger partial charge on any atom is 0.224 e. The van der Waals surface area contributed by atoms with E-state index in [1.165, 1.54) is 38.5 Å². The number of anilines is 2. The SMILES string of the molecule is Cc1cc(N)c(Cl)cc1NC(=O)CC1CCCCCC1. The summed E-state index contributed by atoms with van der Waals surface area (Å²) in [4.78, 5) is 12.2. The molecule has 1 aliphatic carbocycles. The van der Waals surface area contributed by atoms with Crippen molar-refractivity contribution in [3.8, 4) is 0 Å². The number of halogens is 1. The van der Waals surface area contributed by atoms with Gasteiger partial charge in [-0.1, -0.05) is 37.3 Å². The van der Waals surface area contributed by atoms with Crippen molar-refractivity contribution in [2.45, 2.75) is 51.9 Å². The Hall–Kier alpha value is -1.22. The van der Waals surface area contributed by atoms with E-state index in [1.54, 1.807) is 12.1 Å². The molecule has 3 N–H and O–H groups in total. The first-order valence-corrected chi connectivity index (χ1v) is 7.79. The number of hydrogen-bond donors (Lipinski definition) is 2. The summed E-state index contributed by atoms with van der Waals surface area (Å²) >= 11 is 6.01. The quantitative estimate of drug-likeness (QED) is 0.635. The van der Waals surface area contributed by atoms with Gasteiger partial charge in [0.25, 0.3) is 0 Å². The molecule has 3 nitrogen and oxygen atoms in total. The van der Waals surface area contributed by atoms with E-state index >= 15 is 0 Å². The molecule has 0 atom stereocenters. The minimum absolute atomic E-state index is 0.0841. The normalized spacial score (nSPS) is 16.7. The zero-order chi connectivity index (χ0) is 14.5. The van der Waals surface area contributed by atoms with Gasteiger partial charge in [0.05, 0.1) is 10.7 Å². The summed E-state index contributed by atoms with van der Waals surface area (Å²) in [6.45, 7) is 1.92. The minimum Gasteiger partial charge on any atom is -0.398 e. The van der Waals surface area contributed by atoms with Crippen molar-refractivity contribution < 1.29 is 4.79 Å². The summed E-state index contributed by atoms with van der Waals surface area (Å²) in [5.74, 6) is 0.614. The van der Waals surface area contributed by atoms with Crippen LogP contribution in [0.25, 0.3) is 0 Å². The Morgan fingerprint density at radius 1 is 1.30 bits per heavy atom. The molecule has 4 heteroatoms. The Balaban J connectivity index is 1.95. The van der Waals surface area contributed by atoms with Gasteiger partial charge >= 0.3 is 0 Å².